The van der Waals surface area contributed by atoms with Gasteiger partial charge >= 0.3 is 24.4 Å². The lowest BCUT2D eigenvalue weighted by atomic mass is 9.62. The molecule has 1 aliphatic rings. The lowest BCUT2D eigenvalue weighted by Gasteiger charge is -2.46. The first-order valence-electron chi connectivity index (χ1n) is 11.4. The number of amides is 4. The first-order chi connectivity index (χ1) is 15.8. The molecular weight excluding hydrogens is 448 g/mol. The first-order valence-corrected chi connectivity index (χ1v) is 11.4. The fourth-order valence-electron chi connectivity index (χ4n) is 4.40. The molecule has 4 atom stereocenters. The molecule has 0 radical (unpaired) electrons. The summed E-state index contributed by atoms with van der Waals surface area (Å²) in [6.45, 7) is 10.0. The van der Waals surface area contributed by atoms with Gasteiger partial charge in [-0.3, -0.25) is 0 Å². The number of carbonyl (C=O) groups is 4. The number of alkyl carbamates (subject to hydrolysis) is 4. The van der Waals surface area contributed by atoms with Crippen LogP contribution in [-0.2, 0) is 18.9 Å². The van der Waals surface area contributed by atoms with Crippen LogP contribution >= 0.6 is 0 Å². The molecule has 0 aliphatic heterocycles. The number of hydrogen-bond donors (Lipinski definition) is 4. The first kappa shape index (κ1) is 29.1. The predicted octanol–water partition coefficient (Wildman–Crippen LogP) is 2.51. The van der Waals surface area contributed by atoms with E-state index in [0.717, 1.165) is 12.8 Å². The van der Waals surface area contributed by atoms with Gasteiger partial charge in [0, 0.05) is 19.6 Å². The van der Waals surface area contributed by atoms with Crippen molar-refractivity contribution >= 4 is 24.4 Å². The number of methoxy groups -OCH3 is 1. The lowest BCUT2D eigenvalue weighted by molar-refractivity contribution is 0.0379. The van der Waals surface area contributed by atoms with Crippen molar-refractivity contribution in [1.29, 1.82) is 0 Å². The normalized spacial score (nSPS) is 22.9. The van der Waals surface area contributed by atoms with Crippen molar-refractivity contribution < 1.29 is 38.1 Å². The van der Waals surface area contributed by atoms with E-state index in [1.165, 1.54) is 14.2 Å². The van der Waals surface area contributed by atoms with Gasteiger partial charge in [0.2, 0.25) is 0 Å². The van der Waals surface area contributed by atoms with E-state index in [-0.39, 0.29) is 30.0 Å². The number of rotatable bonds is 9. The Morgan fingerprint density at radius 1 is 0.912 bits per heavy atom. The highest BCUT2D eigenvalue weighted by Crippen LogP contribution is 2.45. The van der Waals surface area contributed by atoms with Crippen LogP contribution in [0.2, 0.25) is 0 Å². The fraction of sp³-hybridized carbons (Fsp3) is 0.818. The van der Waals surface area contributed by atoms with Crippen LogP contribution in [-0.4, -0.2) is 76.5 Å². The number of nitrogens with one attached hydrogen (secondary N) is 4. The monoisotopic (exact) mass is 488 g/mol. The standard InChI is InChI=1S/C22H40N4O8/c1-14(10-24-18(28)31-7)33-19(29)25-13-22(5)9-16(8-21(3,4)12-22)26-20(30)34-15(2)11-32-17(27)23-6/h14-16H,8-13H2,1-7H3,(H,23,27)(H,24,28)(H,25,29)(H,26,30). The van der Waals surface area contributed by atoms with Gasteiger partial charge in [-0.25, -0.2) is 19.2 Å². The SMILES string of the molecule is CNC(=O)OCC(C)OC(=O)NC1CC(C)(C)CC(C)(CNC(=O)OC(C)CNC(=O)OC)C1. The summed E-state index contributed by atoms with van der Waals surface area (Å²) >= 11 is 0. The van der Waals surface area contributed by atoms with Crippen LogP contribution in [0.4, 0.5) is 19.2 Å². The van der Waals surface area contributed by atoms with Crippen LogP contribution in [0.25, 0.3) is 0 Å². The minimum atomic E-state index is -0.604. The molecule has 1 saturated carbocycles. The molecule has 4 unspecified atom stereocenters. The molecule has 0 aromatic rings. The lowest BCUT2D eigenvalue weighted by Crippen LogP contribution is -2.51. The van der Waals surface area contributed by atoms with Crippen LogP contribution in [0.5, 0.6) is 0 Å². The van der Waals surface area contributed by atoms with Crippen molar-refractivity contribution in [2.45, 2.75) is 72.1 Å². The van der Waals surface area contributed by atoms with E-state index < -0.39 is 36.6 Å². The second-order valence-electron chi connectivity index (χ2n) is 9.91. The van der Waals surface area contributed by atoms with Crippen molar-refractivity contribution in [3.8, 4) is 0 Å². The van der Waals surface area contributed by atoms with Crippen LogP contribution in [0.15, 0.2) is 0 Å². The molecule has 0 saturated heterocycles. The molecule has 4 amide bonds. The molecule has 0 bridgehead atoms. The topological polar surface area (TPSA) is 153 Å². The number of hydrogen-bond acceptors (Lipinski definition) is 8. The Balaban J connectivity index is 2.56. The summed E-state index contributed by atoms with van der Waals surface area (Å²) in [6.07, 6.45) is -1.28. The minimum absolute atomic E-state index is 0.0550. The molecule has 0 aromatic heterocycles. The molecule has 196 valence electrons. The zero-order chi connectivity index (χ0) is 25.9. The van der Waals surface area contributed by atoms with Crippen molar-refractivity contribution in [3.63, 3.8) is 0 Å². The van der Waals surface area contributed by atoms with Crippen LogP contribution in [0, 0.1) is 10.8 Å². The van der Waals surface area contributed by atoms with E-state index in [2.05, 4.69) is 46.8 Å². The fourth-order valence-corrected chi connectivity index (χ4v) is 4.40. The Bertz CT molecular complexity index is 717. The maximum atomic E-state index is 12.4. The van der Waals surface area contributed by atoms with Gasteiger partial charge in [0.1, 0.15) is 18.8 Å². The molecular formula is C22H40N4O8. The van der Waals surface area contributed by atoms with Crippen molar-refractivity contribution in [2.24, 2.45) is 10.8 Å². The average molecular weight is 489 g/mol. The van der Waals surface area contributed by atoms with Gasteiger partial charge in [0.25, 0.3) is 0 Å². The maximum Gasteiger partial charge on any atom is 0.407 e. The van der Waals surface area contributed by atoms with Crippen molar-refractivity contribution in [1.82, 2.24) is 21.3 Å². The second kappa shape index (κ2) is 13.1. The van der Waals surface area contributed by atoms with E-state index >= 15 is 0 Å². The quantitative estimate of drug-likeness (QED) is 0.361. The Morgan fingerprint density at radius 2 is 1.56 bits per heavy atom. The van der Waals surface area contributed by atoms with E-state index in [1.54, 1.807) is 13.8 Å². The Labute approximate surface area is 201 Å². The number of ether oxygens (including phenoxy) is 4. The van der Waals surface area contributed by atoms with Gasteiger partial charge in [0.15, 0.2) is 0 Å². The molecule has 1 fully saturated rings. The summed E-state index contributed by atoms with van der Waals surface area (Å²) in [4.78, 5) is 46.9. The summed E-state index contributed by atoms with van der Waals surface area (Å²) in [5.74, 6) is 0. The van der Waals surface area contributed by atoms with Crippen LogP contribution < -0.4 is 21.3 Å². The van der Waals surface area contributed by atoms with Gasteiger partial charge in [-0.15, -0.1) is 0 Å². The third-order valence-corrected chi connectivity index (χ3v) is 5.41. The molecule has 12 nitrogen and oxygen atoms in total. The van der Waals surface area contributed by atoms with E-state index in [1.807, 2.05) is 0 Å². The second-order valence-corrected chi connectivity index (χ2v) is 9.91. The highest BCUT2D eigenvalue weighted by Gasteiger charge is 2.42. The van der Waals surface area contributed by atoms with Crippen molar-refractivity contribution in [3.05, 3.63) is 0 Å². The Morgan fingerprint density at radius 3 is 2.18 bits per heavy atom. The van der Waals surface area contributed by atoms with Gasteiger partial charge in [-0.2, -0.15) is 0 Å². The summed E-state index contributed by atoms with van der Waals surface area (Å²) in [5.41, 5.74) is -0.373. The largest absolute Gasteiger partial charge is 0.453 e. The third kappa shape index (κ3) is 11.3. The Kier molecular flexibility index (Phi) is 11.2. The average Bonchev–Trinajstić information content (AvgIpc) is 2.72. The molecule has 12 heteroatoms. The van der Waals surface area contributed by atoms with Crippen LogP contribution in [0.3, 0.4) is 0 Å². The molecule has 0 heterocycles. The zero-order valence-electron chi connectivity index (χ0n) is 21.2. The summed E-state index contributed by atoms with van der Waals surface area (Å²) in [6, 6.07) is -0.158. The van der Waals surface area contributed by atoms with Crippen LogP contribution in [0.1, 0.15) is 53.9 Å². The van der Waals surface area contributed by atoms with E-state index in [9.17, 15) is 19.2 Å². The maximum absolute atomic E-state index is 12.4. The Hall–Kier alpha value is -2.92. The molecule has 0 aromatic carbocycles. The zero-order valence-corrected chi connectivity index (χ0v) is 21.2. The summed E-state index contributed by atoms with van der Waals surface area (Å²) < 4.78 is 19.9. The molecule has 0 spiro atoms. The minimum Gasteiger partial charge on any atom is -0.453 e. The predicted molar refractivity (Wildman–Crippen MR) is 123 cm³/mol. The van der Waals surface area contributed by atoms with E-state index in [0.29, 0.717) is 13.0 Å². The molecule has 1 aliphatic carbocycles. The van der Waals surface area contributed by atoms with Gasteiger partial charge in [0.05, 0.1) is 13.7 Å². The molecule has 4 N–H and O–H groups in total. The van der Waals surface area contributed by atoms with Gasteiger partial charge in [-0.05, 0) is 43.9 Å². The molecule has 34 heavy (non-hydrogen) atoms. The van der Waals surface area contributed by atoms with Gasteiger partial charge in [-0.1, -0.05) is 20.8 Å². The number of carbonyl (C=O) groups excluding carboxylic acids is 4. The summed E-state index contributed by atoms with van der Waals surface area (Å²) in [7, 11) is 2.70. The molecule has 1 rings (SSSR count). The summed E-state index contributed by atoms with van der Waals surface area (Å²) in [5, 5.41) is 10.5. The highest BCUT2D eigenvalue weighted by atomic mass is 16.6. The van der Waals surface area contributed by atoms with Gasteiger partial charge < -0.3 is 40.2 Å². The third-order valence-electron chi connectivity index (χ3n) is 5.41. The van der Waals surface area contributed by atoms with Crippen molar-refractivity contribution in [2.75, 3.05) is 33.9 Å². The smallest absolute Gasteiger partial charge is 0.407 e. The van der Waals surface area contributed by atoms with E-state index in [4.69, 9.17) is 14.2 Å². The highest BCUT2D eigenvalue weighted by molar-refractivity contribution is 5.69.